The number of carbonyl (C=O) groups excluding carboxylic acids is 2. The highest BCUT2D eigenvalue weighted by atomic mass is 79.9. The van der Waals surface area contributed by atoms with E-state index in [0.717, 1.165) is 16.5 Å². The van der Waals surface area contributed by atoms with Gasteiger partial charge in [0, 0.05) is 23.0 Å². The van der Waals surface area contributed by atoms with Gasteiger partial charge in [0.05, 0.1) is 0 Å². The number of hydrogen-bond acceptors (Lipinski definition) is 2. The van der Waals surface area contributed by atoms with Crippen LogP contribution in [-0.2, 0) is 4.79 Å². The Kier molecular flexibility index (Phi) is 3.85. The Balaban J connectivity index is 2.27. The molecule has 1 saturated heterocycles. The molecule has 0 radical (unpaired) electrons. The highest BCUT2D eigenvalue weighted by Gasteiger charge is 2.33. The molecule has 3 nitrogen and oxygen atoms in total. The number of halogens is 1. The van der Waals surface area contributed by atoms with E-state index in [1.165, 1.54) is 4.90 Å². The van der Waals surface area contributed by atoms with Crippen LogP contribution in [0.1, 0.15) is 35.7 Å². The van der Waals surface area contributed by atoms with Crippen LogP contribution in [0.4, 0.5) is 0 Å². The fraction of sp³-hybridized carbons (Fsp3) is 0.429. The van der Waals surface area contributed by atoms with Crippen molar-refractivity contribution >= 4 is 27.7 Å². The van der Waals surface area contributed by atoms with Crippen molar-refractivity contribution in [2.45, 2.75) is 26.7 Å². The molecule has 1 aliphatic heterocycles. The van der Waals surface area contributed by atoms with E-state index < -0.39 is 0 Å². The van der Waals surface area contributed by atoms with E-state index in [-0.39, 0.29) is 11.8 Å². The lowest BCUT2D eigenvalue weighted by molar-refractivity contribution is -0.125. The number of hydrogen-bond donors (Lipinski definition) is 0. The van der Waals surface area contributed by atoms with Crippen LogP contribution in [0.25, 0.3) is 0 Å². The second-order valence-corrected chi connectivity index (χ2v) is 5.55. The zero-order valence-corrected chi connectivity index (χ0v) is 12.2. The Bertz CT molecular complexity index is 499. The number of imide groups is 1. The number of likely N-dealkylation sites (tertiary alicyclic amines) is 1. The topological polar surface area (TPSA) is 37.4 Å². The van der Waals surface area contributed by atoms with Crippen LogP contribution in [0, 0.1) is 12.8 Å². The molecule has 0 N–H and O–H groups in total. The Morgan fingerprint density at radius 3 is 2.83 bits per heavy atom. The van der Waals surface area contributed by atoms with Gasteiger partial charge in [-0.05, 0) is 30.5 Å². The molecule has 1 aliphatic rings. The molecule has 0 aromatic heterocycles. The maximum absolute atomic E-state index is 12.4. The molecule has 1 aromatic carbocycles. The molecule has 2 rings (SSSR count). The van der Waals surface area contributed by atoms with Crippen molar-refractivity contribution in [1.29, 1.82) is 0 Å². The van der Waals surface area contributed by atoms with E-state index in [0.29, 0.717) is 24.4 Å². The second-order valence-electron chi connectivity index (χ2n) is 4.70. The van der Waals surface area contributed by atoms with Crippen molar-refractivity contribution in [3.63, 3.8) is 0 Å². The zero-order valence-electron chi connectivity index (χ0n) is 10.6. The van der Waals surface area contributed by atoms with Crippen molar-refractivity contribution < 1.29 is 9.59 Å². The van der Waals surface area contributed by atoms with Crippen LogP contribution in [0.5, 0.6) is 0 Å². The average molecular weight is 310 g/mol. The summed E-state index contributed by atoms with van der Waals surface area (Å²) in [6.45, 7) is 4.49. The van der Waals surface area contributed by atoms with Crippen LogP contribution in [0.15, 0.2) is 22.7 Å². The maximum Gasteiger partial charge on any atom is 0.260 e. The Labute approximate surface area is 115 Å². The predicted molar refractivity (Wildman–Crippen MR) is 73.3 cm³/mol. The minimum atomic E-state index is -0.172. The second kappa shape index (κ2) is 5.22. The summed E-state index contributed by atoms with van der Waals surface area (Å²) < 4.78 is 0.895. The normalized spacial score (nSPS) is 19.4. The molecular weight excluding hydrogens is 294 g/mol. The summed E-state index contributed by atoms with van der Waals surface area (Å²) in [5.74, 6) is 0.0925. The molecule has 4 heteroatoms. The molecule has 1 aromatic rings. The predicted octanol–water partition coefficient (Wildman–Crippen LogP) is 3.16. The summed E-state index contributed by atoms with van der Waals surface area (Å²) in [5.41, 5.74) is 1.49. The third kappa shape index (κ3) is 2.34. The monoisotopic (exact) mass is 309 g/mol. The van der Waals surface area contributed by atoms with Crippen LogP contribution in [-0.4, -0.2) is 23.3 Å². The largest absolute Gasteiger partial charge is 0.278 e. The molecule has 0 aliphatic carbocycles. The van der Waals surface area contributed by atoms with Crippen LogP contribution in [0.3, 0.4) is 0 Å². The van der Waals surface area contributed by atoms with E-state index in [1.807, 2.05) is 19.1 Å². The summed E-state index contributed by atoms with van der Waals surface area (Å²) >= 11 is 3.41. The highest BCUT2D eigenvalue weighted by molar-refractivity contribution is 9.10. The van der Waals surface area contributed by atoms with Gasteiger partial charge < -0.3 is 0 Å². The van der Waals surface area contributed by atoms with Gasteiger partial charge in [-0.1, -0.05) is 35.3 Å². The van der Waals surface area contributed by atoms with Crippen molar-refractivity contribution in [2.75, 3.05) is 6.54 Å². The summed E-state index contributed by atoms with van der Waals surface area (Å²) in [5, 5.41) is 0. The van der Waals surface area contributed by atoms with E-state index in [1.54, 1.807) is 6.07 Å². The van der Waals surface area contributed by atoms with Gasteiger partial charge in [-0.3, -0.25) is 14.5 Å². The molecule has 1 heterocycles. The minimum Gasteiger partial charge on any atom is -0.278 e. The van der Waals surface area contributed by atoms with Gasteiger partial charge in [0.15, 0.2) is 0 Å². The molecule has 1 atom stereocenters. The van der Waals surface area contributed by atoms with Crippen LogP contribution >= 0.6 is 15.9 Å². The van der Waals surface area contributed by atoms with Gasteiger partial charge in [-0.25, -0.2) is 0 Å². The van der Waals surface area contributed by atoms with Gasteiger partial charge in [-0.15, -0.1) is 0 Å². The first-order valence-corrected chi connectivity index (χ1v) is 6.93. The lowest BCUT2D eigenvalue weighted by Gasteiger charge is -2.16. The van der Waals surface area contributed by atoms with Gasteiger partial charge in [-0.2, -0.15) is 0 Å². The quantitative estimate of drug-likeness (QED) is 0.787. The molecular formula is C14H16BrNO2. The van der Waals surface area contributed by atoms with Crippen LogP contribution in [0.2, 0.25) is 0 Å². The number of amides is 2. The van der Waals surface area contributed by atoms with E-state index in [4.69, 9.17) is 0 Å². The first-order valence-electron chi connectivity index (χ1n) is 6.14. The first kappa shape index (κ1) is 13.3. The lowest BCUT2D eigenvalue weighted by Crippen LogP contribution is -2.32. The molecule has 0 bridgehead atoms. The zero-order chi connectivity index (χ0) is 13.3. The summed E-state index contributed by atoms with van der Waals surface area (Å²) in [6.07, 6.45) is 1.43. The highest BCUT2D eigenvalue weighted by Crippen LogP contribution is 2.25. The summed E-state index contributed by atoms with van der Waals surface area (Å²) in [4.78, 5) is 25.6. The first-order chi connectivity index (χ1) is 8.54. The molecule has 0 spiro atoms. The number of carbonyl (C=O) groups is 2. The molecule has 2 amide bonds. The number of benzene rings is 1. The fourth-order valence-electron chi connectivity index (χ4n) is 2.24. The van der Waals surface area contributed by atoms with Gasteiger partial charge >= 0.3 is 0 Å². The molecule has 18 heavy (non-hydrogen) atoms. The van der Waals surface area contributed by atoms with Crippen molar-refractivity contribution in [1.82, 2.24) is 4.90 Å². The number of rotatable bonds is 2. The van der Waals surface area contributed by atoms with E-state index in [9.17, 15) is 9.59 Å². The van der Waals surface area contributed by atoms with Crippen LogP contribution < -0.4 is 0 Å². The molecule has 1 fully saturated rings. The SMILES string of the molecule is CCC1CC(=O)N(C(=O)c2cccc(Br)c2C)C1. The summed E-state index contributed by atoms with van der Waals surface area (Å²) in [6, 6.07) is 5.49. The Morgan fingerprint density at radius 1 is 1.50 bits per heavy atom. The minimum absolute atomic E-state index is 0.0498. The Hall–Kier alpha value is -1.16. The van der Waals surface area contributed by atoms with Gasteiger partial charge in [0.1, 0.15) is 0 Å². The van der Waals surface area contributed by atoms with Gasteiger partial charge in [0.25, 0.3) is 5.91 Å². The summed E-state index contributed by atoms with van der Waals surface area (Å²) in [7, 11) is 0. The number of nitrogens with zero attached hydrogens (tertiary/aromatic N) is 1. The smallest absolute Gasteiger partial charge is 0.260 e. The average Bonchev–Trinajstić information content (AvgIpc) is 2.73. The fourth-order valence-corrected chi connectivity index (χ4v) is 2.60. The van der Waals surface area contributed by atoms with E-state index in [2.05, 4.69) is 22.9 Å². The van der Waals surface area contributed by atoms with Crippen molar-refractivity contribution in [3.8, 4) is 0 Å². The van der Waals surface area contributed by atoms with Gasteiger partial charge in [0.2, 0.25) is 5.91 Å². The maximum atomic E-state index is 12.4. The molecule has 1 unspecified atom stereocenters. The standard InChI is InChI=1S/C14H16BrNO2/c1-3-10-7-13(17)16(8-10)14(18)11-5-4-6-12(15)9(11)2/h4-6,10H,3,7-8H2,1-2H3. The Morgan fingerprint density at radius 2 is 2.22 bits per heavy atom. The third-order valence-electron chi connectivity index (χ3n) is 3.53. The lowest BCUT2D eigenvalue weighted by atomic mass is 10.1. The molecule has 96 valence electrons. The van der Waals surface area contributed by atoms with E-state index >= 15 is 0 Å². The van der Waals surface area contributed by atoms with Crippen molar-refractivity contribution in [2.24, 2.45) is 5.92 Å². The third-order valence-corrected chi connectivity index (χ3v) is 4.38. The van der Waals surface area contributed by atoms with Crippen molar-refractivity contribution in [3.05, 3.63) is 33.8 Å². The molecule has 0 saturated carbocycles.